The molecule has 0 aliphatic heterocycles. The minimum Gasteiger partial charge on any atom is -0.278 e. The highest BCUT2D eigenvalue weighted by Crippen LogP contribution is 2.28. The molecule has 64 valence electrons. The van der Waals surface area contributed by atoms with Crippen molar-refractivity contribution in [1.82, 2.24) is 10.2 Å². The summed E-state index contributed by atoms with van der Waals surface area (Å²) < 4.78 is 0. The summed E-state index contributed by atoms with van der Waals surface area (Å²) in [5, 5.41) is 6.95. The van der Waals surface area contributed by atoms with Crippen molar-refractivity contribution in [1.29, 1.82) is 0 Å². The third kappa shape index (κ3) is 1.42. The van der Waals surface area contributed by atoms with Gasteiger partial charge >= 0.3 is 0 Å². The van der Waals surface area contributed by atoms with Crippen LogP contribution in [-0.2, 0) is 0 Å². The molecule has 1 unspecified atom stereocenters. The normalized spacial score (nSPS) is 23.8. The first kappa shape index (κ1) is 7.59. The zero-order chi connectivity index (χ0) is 8.39. The SMILES string of the molecule is CC1CC=C(c2ccn[nH]2)CC1. The Balaban J connectivity index is 2.16. The minimum atomic E-state index is 0.858. The molecule has 1 aromatic rings. The van der Waals surface area contributed by atoms with E-state index in [4.69, 9.17) is 0 Å². The third-order valence-corrected chi connectivity index (χ3v) is 2.52. The summed E-state index contributed by atoms with van der Waals surface area (Å²) in [6.07, 6.45) is 7.87. The number of allylic oxidation sites excluding steroid dienone is 2. The lowest BCUT2D eigenvalue weighted by atomic mass is 9.90. The van der Waals surface area contributed by atoms with Crippen LogP contribution in [0, 0.1) is 5.92 Å². The van der Waals surface area contributed by atoms with Gasteiger partial charge in [-0.1, -0.05) is 13.0 Å². The topological polar surface area (TPSA) is 28.7 Å². The lowest BCUT2D eigenvalue weighted by Gasteiger charge is -2.16. The van der Waals surface area contributed by atoms with Crippen LogP contribution < -0.4 is 0 Å². The minimum absolute atomic E-state index is 0.858. The molecule has 1 aromatic heterocycles. The molecule has 12 heavy (non-hydrogen) atoms. The predicted molar refractivity (Wildman–Crippen MR) is 49.6 cm³/mol. The number of nitrogens with zero attached hydrogens (tertiary/aromatic N) is 1. The number of H-pyrrole nitrogens is 1. The second kappa shape index (κ2) is 3.13. The molecule has 0 spiro atoms. The van der Waals surface area contributed by atoms with Gasteiger partial charge in [0.15, 0.2) is 0 Å². The van der Waals surface area contributed by atoms with Gasteiger partial charge in [0, 0.05) is 6.20 Å². The van der Waals surface area contributed by atoms with Crippen LogP contribution in [0.2, 0.25) is 0 Å². The number of aromatic nitrogens is 2. The first-order valence-electron chi connectivity index (χ1n) is 4.55. The second-order valence-corrected chi connectivity index (χ2v) is 3.58. The summed E-state index contributed by atoms with van der Waals surface area (Å²) in [4.78, 5) is 0. The summed E-state index contributed by atoms with van der Waals surface area (Å²) >= 11 is 0. The molecule has 2 rings (SSSR count). The van der Waals surface area contributed by atoms with E-state index < -0.39 is 0 Å². The fourth-order valence-electron chi connectivity index (χ4n) is 1.64. The Kier molecular flexibility index (Phi) is 1.98. The summed E-state index contributed by atoms with van der Waals surface area (Å²) in [5.41, 5.74) is 2.63. The van der Waals surface area contributed by atoms with E-state index in [1.165, 1.54) is 30.5 Å². The molecule has 0 saturated carbocycles. The molecule has 0 radical (unpaired) electrons. The zero-order valence-corrected chi connectivity index (χ0v) is 7.38. The lowest BCUT2D eigenvalue weighted by molar-refractivity contribution is 0.533. The summed E-state index contributed by atoms with van der Waals surface area (Å²) in [6, 6.07) is 2.04. The molecule has 0 saturated heterocycles. The third-order valence-electron chi connectivity index (χ3n) is 2.52. The largest absolute Gasteiger partial charge is 0.278 e. The van der Waals surface area contributed by atoms with Crippen molar-refractivity contribution >= 4 is 5.57 Å². The van der Waals surface area contributed by atoms with Crippen molar-refractivity contribution in [3.8, 4) is 0 Å². The Hall–Kier alpha value is -1.05. The predicted octanol–water partition coefficient (Wildman–Crippen LogP) is 2.61. The fourth-order valence-corrected chi connectivity index (χ4v) is 1.64. The van der Waals surface area contributed by atoms with Gasteiger partial charge in [0.2, 0.25) is 0 Å². The van der Waals surface area contributed by atoms with Gasteiger partial charge in [0.05, 0.1) is 5.69 Å². The van der Waals surface area contributed by atoms with Crippen LogP contribution in [-0.4, -0.2) is 10.2 Å². The highest BCUT2D eigenvalue weighted by molar-refractivity contribution is 5.62. The summed E-state index contributed by atoms with van der Waals surface area (Å²) in [5.74, 6) is 0.858. The molecule has 0 bridgehead atoms. The van der Waals surface area contributed by atoms with E-state index in [-0.39, 0.29) is 0 Å². The maximum Gasteiger partial charge on any atom is 0.0606 e. The van der Waals surface area contributed by atoms with Crippen LogP contribution in [0.25, 0.3) is 5.57 Å². The first-order valence-corrected chi connectivity index (χ1v) is 4.55. The Morgan fingerprint density at radius 3 is 3.08 bits per heavy atom. The van der Waals surface area contributed by atoms with Gasteiger partial charge in [-0.05, 0) is 36.8 Å². The highest BCUT2D eigenvalue weighted by atomic mass is 15.1. The molecular weight excluding hydrogens is 148 g/mol. The second-order valence-electron chi connectivity index (χ2n) is 3.58. The monoisotopic (exact) mass is 162 g/mol. The molecule has 0 fully saturated rings. The van der Waals surface area contributed by atoms with Crippen LogP contribution in [0.4, 0.5) is 0 Å². The Morgan fingerprint density at radius 1 is 1.58 bits per heavy atom. The summed E-state index contributed by atoms with van der Waals surface area (Å²) in [6.45, 7) is 2.31. The lowest BCUT2D eigenvalue weighted by Crippen LogP contribution is -2.01. The molecule has 1 aliphatic rings. The van der Waals surface area contributed by atoms with Gasteiger partial charge < -0.3 is 0 Å². The number of rotatable bonds is 1. The van der Waals surface area contributed by atoms with Crippen molar-refractivity contribution in [2.45, 2.75) is 26.2 Å². The van der Waals surface area contributed by atoms with E-state index in [2.05, 4.69) is 23.2 Å². The molecule has 1 N–H and O–H groups in total. The molecule has 0 amide bonds. The number of aromatic amines is 1. The van der Waals surface area contributed by atoms with Gasteiger partial charge in [0.25, 0.3) is 0 Å². The molecule has 2 nitrogen and oxygen atoms in total. The van der Waals surface area contributed by atoms with Gasteiger partial charge in [-0.15, -0.1) is 0 Å². The van der Waals surface area contributed by atoms with Crippen molar-refractivity contribution in [2.75, 3.05) is 0 Å². The highest BCUT2D eigenvalue weighted by Gasteiger charge is 2.11. The molecule has 2 heteroatoms. The Labute approximate surface area is 72.7 Å². The maximum atomic E-state index is 3.95. The van der Waals surface area contributed by atoms with E-state index in [1.54, 1.807) is 0 Å². The van der Waals surface area contributed by atoms with E-state index in [9.17, 15) is 0 Å². The van der Waals surface area contributed by atoms with E-state index >= 15 is 0 Å². The fraction of sp³-hybridized carbons (Fsp3) is 0.500. The standard InChI is InChI=1S/C10H14N2/c1-8-2-4-9(5-3-8)10-6-7-11-12-10/h4,6-8H,2-3,5H2,1H3,(H,11,12). The van der Waals surface area contributed by atoms with E-state index in [0.29, 0.717) is 0 Å². The van der Waals surface area contributed by atoms with Crippen molar-refractivity contribution in [2.24, 2.45) is 5.92 Å². The van der Waals surface area contributed by atoms with Crippen LogP contribution in [0.15, 0.2) is 18.3 Å². The quantitative estimate of drug-likeness (QED) is 0.675. The van der Waals surface area contributed by atoms with E-state index in [0.717, 1.165) is 5.92 Å². The Morgan fingerprint density at radius 2 is 2.50 bits per heavy atom. The number of hydrogen-bond acceptors (Lipinski definition) is 1. The smallest absolute Gasteiger partial charge is 0.0606 e. The molecular formula is C10H14N2. The van der Waals surface area contributed by atoms with Crippen LogP contribution in [0.1, 0.15) is 31.9 Å². The van der Waals surface area contributed by atoms with E-state index in [1.807, 2.05) is 12.3 Å². The zero-order valence-electron chi connectivity index (χ0n) is 7.38. The molecule has 1 heterocycles. The van der Waals surface area contributed by atoms with Crippen molar-refractivity contribution in [3.05, 3.63) is 24.0 Å². The van der Waals surface area contributed by atoms with Crippen LogP contribution in [0.5, 0.6) is 0 Å². The average Bonchev–Trinajstić information content (AvgIpc) is 2.58. The number of hydrogen-bond donors (Lipinski definition) is 1. The number of nitrogens with one attached hydrogen (secondary N) is 1. The molecule has 1 atom stereocenters. The van der Waals surface area contributed by atoms with Gasteiger partial charge in [0.1, 0.15) is 0 Å². The van der Waals surface area contributed by atoms with Crippen LogP contribution >= 0.6 is 0 Å². The van der Waals surface area contributed by atoms with Gasteiger partial charge in [-0.3, -0.25) is 5.10 Å². The van der Waals surface area contributed by atoms with Gasteiger partial charge in [-0.2, -0.15) is 5.10 Å². The van der Waals surface area contributed by atoms with Crippen molar-refractivity contribution in [3.63, 3.8) is 0 Å². The molecule has 1 aliphatic carbocycles. The average molecular weight is 162 g/mol. The first-order chi connectivity index (χ1) is 5.86. The van der Waals surface area contributed by atoms with Crippen molar-refractivity contribution < 1.29 is 0 Å². The van der Waals surface area contributed by atoms with Gasteiger partial charge in [-0.25, -0.2) is 0 Å². The molecule has 0 aromatic carbocycles. The maximum absolute atomic E-state index is 3.95. The Bertz CT molecular complexity index is 272. The van der Waals surface area contributed by atoms with Crippen LogP contribution in [0.3, 0.4) is 0 Å². The summed E-state index contributed by atoms with van der Waals surface area (Å²) in [7, 11) is 0.